The summed E-state index contributed by atoms with van der Waals surface area (Å²) in [6.45, 7) is -0.642. The van der Waals surface area contributed by atoms with Crippen molar-refractivity contribution in [2.24, 2.45) is 0 Å². The van der Waals surface area contributed by atoms with E-state index in [9.17, 15) is 8.78 Å². The zero-order valence-electron chi connectivity index (χ0n) is 7.30. The first kappa shape index (κ1) is 11.1. The van der Waals surface area contributed by atoms with Gasteiger partial charge in [-0.3, -0.25) is 0 Å². The number of hydrogen-bond acceptors (Lipinski definition) is 1. The van der Waals surface area contributed by atoms with Crippen LogP contribution < -0.4 is 0 Å². The van der Waals surface area contributed by atoms with Gasteiger partial charge in [-0.15, -0.1) is 11.6 Å². The number of aliphatic hydroxyl groups is 1. The van der Waals surface area contributed by atoms with E-state index in [2.05, 4.69) is 0 Å². The first-order valence-corrected chi connectivity index (χ1v) is 4.53. The summed E-state index contributed by atoms with van der Waals surface area (Å²) in [4.78, 5) is 0. The van der Waals surface area contributed by atoms with E-state index in [1.54, 1.807) is 6.08 Å². The van der Waals surface area contributed by atoms with Gasteiger partial charge in [0, 0.05) is 11.4 Å². The number of alkyl halides is 1. The van der Waals surface area contributed by atoms with Crippen LogP contribution in [0.2, 0.25) is 0 Å². The molecule has 4 heteroatoms. The van der Waals surface area contributed by atoms with Crippen LogP contribution in [0.25, 0.3) is 6.08 Å². The van der Waals surface area contributed by atoms with Crippen LogP contribution in [-0.2, 0) is 6.61 Å². The van der Waals surface area contributed by atoms with Crippen molar-refractivity contribution < 1.29 is 13.9 Å². The lowest BCUT2D eigenvalue weighted by molar-refractivity contribution is 0.269. The SMILES string of the molecule is OCc1c(F)cc(C=CCCl)cc1F. The lowest BCUT2D eigenvalue weighted by Crippen LogP contribution is -1.96. The molecule has 0 amide bonds. The van der Waals surface area contributed by atoms with Crippen LogP contribution in [-0.4, -0.2) is 11.0 Å². The molecule has 0 bridgehead atoms. The molecule has 0 saturated carbocycles. The molecule has 0 fully saturated rings. The standard InChI is InChI=1S/C10H9ClF2O/c11-3-1-2-7-4-9(12)8(6-14)10(13)5-7/h1-2,4-5,14H,3,6H2. The fourth-order valence-corrected chi connectivity index (χ4v) is 1.14. The van der Waals surface area contributed by atoms with Crippen molar-refractivity contribution in [2.45, 2.75) is 6.61 Å². The lowest BCUT2D eigenvalue weighted by Gasteiger charge is -2.02. The molecule has 0 aliphatic rings. The van der Waals surface area contributed by atoms with Crippen LogP contribution in [0, 0.1) is 11.6 Å². The molecule has 1 aromatic carbocycles. The van der Waals surface area contributed by atoms with Gasteiger partial charge in [0.2, 0.25) is 0 Å². The van der Waals surface area contributed by atoms with E-state index < -0.39 is 18.2 Å². The third-order valence-corrected chi connectivity index (χ3v) is 1.90. The van der Waals surface area contributed by atoms with Gasteiger partial charge in [-0.05, 0) is 17.7 Å². The number of benzene rings is 1. The Morgan fingerprint density at radius 2 is 1.86 bits per heavy atom. The molecule has 14 heavy (non-hydrogen) atoms. The average molecular weight is 219 g/mol. The molecule has 1 rings (SSSR count). The molecule has 0 heterocycles. The molecule has 0 radical (unpaired) electrons. The highest BCUT2D eigenvalue weighted by Crippen LogP contribution is 2.16. The van der Waals surface area contributed by atoms with E-state index in [1.165, 1.54) is 6.08 Å². The number of hydrogen-bond donors (Lipinski definition) is 1. The highest BCUT2D eigenvalue weighted by Gasteiger charge is 2.08. The van der Waals surface area contributed by atoms with Gasteiger partial charge in [-0.2, -0.15) is 0 Å². The predicted octanol–water partition coefficient (Wildman–Crippen LogP) is 2.71. The zero-order chi connectivity index (χ0) is 10.6. The third kappa shape index (κ3) is 2.53. The molecule has 0 aliphatic carbocycles. The van der Waals surface area contributed by atoms with Gasteiger partial charge in [0.25, 0.3) is 0 Å². The monoisotopic (exact) mass is 218 g/mol. The molecule has 76 valence electrons. The summed E-state index contributed by atoms with van der Waals surface area (Å²) >= 11 is 5.38. The number of rotatable bonds is 3. The van der Waals surface area contributed by atoms with Gasteiger partial charge in [0.15, 0.2) is 0 Å². The highest BCUT2D eigenvalue weighted by atomic mass is 35.5. The Morgan fingerprint density at radius 1 is 1.29 bits per heavy atom. The molecule has 0 unspecified atom stereocenters. The van der Waals surface area contributed by atoms with Crippen LogP contribution in [0.15, 0.2) is 18.2 Å². The van der Waals surface area contributed by atoms with Gasteiger partial charge < -0.3 is 5.11 Å². The second-order valence-electron chi connectivity index (χ2n) is 2.68. The Bertz CT molecular complexity index is 327. The summed E-state index contributed by atoms with van der Waals surface area (Å²) in [6, 6.07) is 2.30. The van der Waals surface area contributed by atoms with E-state index in [1.807, 2.05) is 0 Å². The first-order chi connectivity index (χ1) is 6.69. The van der Waals surface area contributed by atoms with Gasteiger partial charge in [0.1, 0.15) is 11.6 Å². The van der Waals surface area contributed by atoms with Crippen molar-refractivity contribution in [3.8, 4) is 0 Å². The largest absolute Gasteiger partial charge is 0.391 e. The minimum Gasteiger partial charge on any atom is -0.391 e. The van der Waals surface area contributed by atoms with E-state index >= 15 is 0 Å². The third-order valence-electron chi connectivity index (χ3n) is 1.72. The van der Waals surface area contributed by atoms with Crippen LogP contribution in [0.3, 0.4) is 0 Å². The summed E-state index contributed by atoms with van der Waals surface area (Å²) in [6.07, 6.45) is 3.09. The average Bonchev–Trinajstić information content (AvgIpc) is 2.14. The van der Waals surface area contributed by atoms with Crippen LogP contribution >= 0.6 is 11.6 Å². The first-order valence-electron chi connectivity index (χ1n) is 4.00. The summed E-state index contributed by atoms with van der Waals surface area (Å²) < 4.78 is 26.1. The molecule has 1 N–H and O–H groups in total. The van der Waals surface area contributed by atoms with Crippen molar-refractivity contribution in [3.05, 3.63) is 41.0 Å². The molecule has 0 saturated heterocycles. The minimum atomic E-state index is -0.748. The lowest BCUT2D eigenvalue weighted by atomic mass is 10.1. The van der Waals surface area contributed by atoms with E-state index in [-0.39, 0.29) is 11.4 Å². The summed E-state index contributed by atoms with van der Waals surface area (Å²) in [5.74, 6) is -1.21. The molecular weight excluding hydrogens is 210 g/mol. The number of aliphatic hydroxyl groups excluding tert-OH is 1. The quantitative estimate of drug-likeness (QED) is 0.774. The molecule has 0 spiro atoms. The normalized spacial score (nSPS) is 11.1. The fraction of sp³-hybridized carbons (Fsp3) is 0.200. The molecule has 1 aromatic rings. The maximum absolute atomic E-state index is 13.1. The summed E-state index contributed by atoms with van der Waals surface area (Å²) in [7, 11) is 0. The Labute approximate surface area is 85.6 Å². The topological polar surface area (TPSA) is 20.2 Å². The zero-order valence-corrected chi connectivity index (χ0v) is 8.06. The molecular formula is C10H9ClF2O. The van der Waals surface area contributed by atoms with Crippen molar-refractivity contribution in [1.29, 1.82) is 0 Å². The molecule has 0 aromatic heterocycles. The van der Waals surface area contributed by atoms with Gasteiger partial charge >= 0.3 is 0 Å². The molecule has 1 nitrogen and oxygen atoms in total. The summed E-state index contributed by atoms with van der Waals surface area (Å²) in [5, 5.41) is 8.65. The Balaban J connectivity index is 3.07. The minimum absolute atomic E-state index is 0.283. The number of halogens is 3. The van der Waals surface area contributed by atoms with Crippen LogP contribution in [0.5, 0.6) is 0 Å². The van der Waals surface area contributed by atoms with E-state index in [0.29, 0.717) is 5.56 Å². The maximum Gasteiger partial charge on any atom is 0.132 e. The van der Waals surface area contributed by atoms with Crippen molar-refractivity contribution >= 4 is 17.7 Å². The molecule has 0 atom stereocenters. The highest BCUT2D eigenvalue weighted by molar-refractivity contribution is 6.19. The van der Waals surface area contributed by atoms with Crippen molar-refractivity contribution in [1.82, 2.24) is 0 Å². The van der Waals surface area contributed by atoms with E-state index in [4.69, 9.17) is 16.7 Å². The Kier molecular flexibility index (Phi) is 4.04. The summed E-state index contributed by atoms with van der Waals surface area (Å²) in [5.41, 5.74) is 0.0749. The van der Waals surface area contributed by atoms with E-state index in [0.717, 1.165) is 12.1 Å². The predicted molar refractivity (Wildman–Crippen MR) is 52.0 cm³/mol. The van der Waals surface area contributed by atoms with Crippen LogP contribution in [0.1, 0.15) is 11.1 Å². The van der Waals surface area contributed by atoms with Crippen molar-refractivity contribution in [3.63, 3.8) is 0 Å². The second kappa shape index (κ2) is 5.08. The number of allylic oxidation sites excluding steroid dienone is 1. The second-order valence-corrected chi connectivity index (χ2v) is 2.99. The Morgan fingerprint density at radius 3 is 2.29 bits per heavy atom. The van der Waals surface area contributed by atoms with Gasteiger partial charge in [-0.25, -0.2) is 8.78 Å². The van der Waals surface area contributed by atoms with Gasteiger partial charge in [0.05, 0.1) is 6.61 Å². The fourth-order valence-electron chi connectivity index (χ4n) is 1.05. The van der Waals surface area contributed by atoms with Gasteiger partial charge in [-0.1, -0.05) is 12.2 Å². The van der Waals surface area contributed by atoms with Crippen molar-refractivity contribution in [2.75, 3.05) is 5.88 Å². The molecule has 0 aliphatic heterocycles. The Hall–Kier alpha value is -0.930. The maximum atomic E-state index is 13.1. The smallest absolute Gasteiger partial charge is 0.132 e. The van der Waals surface area contributed by atoms with Crippen LogP contribution in [0.4, 0.5) is 8.78 Å².